The van der Waals surface area contributed by atoms with E-state index in [0.29, 0.717) is 11.8 Å². The summed E-state index contributed by atoms with van der Waals surface area (Å²) in [5.74, 6) is 0.630. The summed E-state index contributed by atoms with van der Waals surface area (Å²) < 4.78 is 17.1. The topological polar surface area (TPSA) is 37.4 Å². The molecular formula is C13H20FN3O. The Kier molecular flexibility index (Phi) is 4.90. The SMILES string of the molecule is C[C@@H]1CN(Cc2ccc(OCCF)cn2)CCN1. The predicted molar refractivity (Wildman–Crippen MR) is 68.4 cm³/mol. The van der Waals surface area contributed by atoms with Crippen LogP contribution in [0.25, 0.3) is 0 Å². The van der Waals surface area contributed by atoms with Gasteiger partial charge >= 0.3 is 0 Å². The third-order valence-electron chi connectivity index (χ3n) is 2.98. The van der Waals surface area contributed by atoms with Crippen LogP contribution in [0.2, 0.25) is 0 Å². The number of aromatic nitrogens is 1. The number of nitrogens with zero attached hydrogens (tertiary/aromatic N) is 2. The van der Waals surface area contributed by atoms with Crippen molar-refractivity contribution in [3.05, 3.63) is 24.0 Å². The van der Waals surface area contributed by atoms with Crippen molar-refractivity contribution in [2.75, 3.05) is 32.9 Å². The maximum atomic E-state index is 11.9. The fourth-order valence-electron chi connectivity index (χ4n) is 2.13. The first kappa shape index (κ1) is 13.2. The van der Waals surface area contributed by atoms with E-state index in [1.807, 2.05) is 12.1 Å². The summed E-state index contributed by atoms with van der Waals surface area (Å²) in [6.07, 6.45) is 1.66. The lowest BCUT2D eigenvalue weighted by molar-refractivity contribution is 0.197. The normalized spacial score (nSPS) is 20.9. The maximum Gasteiger partial charge on any atom is 0.137 e. The van der Waals surface area contributed by atoms with Crippen molar-refractivity contribution in [1.29, 1.82) is 0 Å². The summed E-state index contributed by atoms with van der Waals surface area (Å²) in [7, 11) is 0. The second kappa shape index (κ2) is 6.66. The van der Waals surface area contributed by atoms with E-state index in [0.717, 1.165) is 31.9 Å². The molecule has 18 heavy (non-hydrogen) atoms. The Bertz CT molecular complexity index is 358. The van der Waals surface area contributed by atoms with Gasteiger partial charge in [-0.15, -0.1) is 0 Å². The number of hydrogen-bond acceptors (Lipinski definition) is 4. The van der Waals surface area contributed by atoms with Gasteiger partial charge < -0.3 is 10.1 Å². The molecule has 1 aromatic rings. The molecule has 5 heteroatoms. The predicted octanol–water partition coefficient (Wildman–Crippen LogP) is 1.22. The van der Waals surface area contributed by atoms with Gasteiger partial charge in [0.1, 0.15) is 19.0 Å². The summed E-state index contributed by atoms with van der Waals surface area (Å²) in [6, 6.07) is 4.33. The van der Waals surface area contributed by atoms with Crippen LogP contribution in [0.3, 0.4) is 0 Å². The zero-order valence-corrected chi connectivity index (χ0v) is 10.7. The van der Waals surface area contributed by atoms with E-state index >= 15 is 0 Å². The van der Waals surface area contributed by atoms with E-state index in [-0.39, 0.29) is 6.61 Å². The molecule has 2 rings (SSSR count). The van der Waals surface area contributed by atoms with E-state index < -0.39 is 6.67 Å². The second-order valence-electron chi connectivity index (χ2n) is 4.61. The van der Waals surface area contributed by atoms with Gasteiger partial charge in [0.25, 0.3) is 0 Å². The third kappa shape index (κ3) is 3.92. The van der Waals surface area contributed by atoms with E-state index in [4.69, 9.17) is 4.74 Å². The van der Waals surface area contributed by atoms with Gasteiger partial charge in [-0.3, -0.25) is 9.88 Å². The molecule has 1 aliphatic rings. The summed E-state index contributed by atoms with van der Waals surface area (Å²) in [5.41, 5.74) is 1.02. The second-order valence-corrected chi connectivity index (χ2v) is 4.61. The molecule has 100 valence electrons. The summed E-state index contributed by atoms with van der Waals surface area (Å²) in [6.45, 7) is 5.78. The Morgan fingerprint density at radius 3 is 3.11 bits per heavy atom. The Labute approximate surface area is 107 Å². The van der Waals surface area contributed by atoms with Gasteiger partial charge in [-0.25, -0.2) is 4.39 Å². The lowest BCUT2D eigenvalue weighted by Crippen LogP contribution is -2.48. The largest absolute Gasteiger partial charge is 0.489 e. The van der Waals surface area contributed by atoms with Crippen molar-refractivity contribution in [2.24, 2.45) is 0 Å². The Balaban J connectivity index is 1.85. The number of rotatable bonds is 5. The maximum absolute atomic E-state index is 11.9. The van der Waals surface area contributed by atoms with Crippen LogP contribution in [0.15, 0.2) is 18.3 Å². The lowest BCUT2D eigenvalue weighted by Gasteiger charge is -2.31. The highest BCUT2D eigenvalue weighted by Gasteiger charge is 2.15. The van der Waals surface area contributed by atoms with Gasteiger partial charge in [-0.1, -0.05) is 0 Å². The molecule has 0 aliphatic carbocycles. The zero-order valence-electron chi connectivity index (χ0n) is 10.7. The van der Waals surface area contributed by atoms with Crippen molar-refractivity contribution < 1.29 is 9.13 Å². The quantitative estimate of drug-likeness (QED) is 0.856. The standard InChI is InChI=1S/C13H20FN3O/c1-11-9-17(6-5-15-11)10-12-2-3-13(8-16-12)18-7-4-14/h2-3,8,11,15H,4-7,9-10H2,1H3/t11-/m1/s1. The van der Waals surface area contributed by atoms with E-state index in [2.05, 4.69) is 22.1 Å². The molecule has 1 fully saturated rings. The molecule has 1 aliphatic heterocycles. The minimum Gasteiger partial charge on any atom is -0.489 e. The molecule has 0 radical (unpaired) electrons. The van der Waals surface area contributed by atoms with Crippen LogP contribution in [0.4, 0.5) is 4.39 Å². The molecule has 4 nitrogen and oxygen atoms in total. The highest BCUT2D eigenvalue weighted by atomic mass is 19.1. The number of hydrogen-bond donors (Lipinski definition) is 1. The molecule has 1 saturated heterocycles. The lowest BCUT2D eigenvalue weighted by atomic mass is 10.2. The minimum absolute atomic E-state index is 0.0936. The minimum atomic E-state index is -0.472. The number of alkyl halides is 1. The molecule has 0 saturated carbocycles. The number of nitrogens with one attached hydrogen (secondary N) is 1. The van der Waals surface area contributed by atoms with Crippen molar-refractivity contribution in [1.82, 2.24) is 15.2 Å². The smallest absolute Gasteiger partial charge is 0.137 e. The molecule has 1 aromatic heterocycles. The third-order valence-corrected chi connectivity index (χ3v) is 2.98. The molecule has 0 amide bonds. The molecular weight excluding hydrogens is 233 g/mol. The van der Waals surface area contributed by atoms with Crippen LogP contribution in [0.5, 0.6) is 5.75 Å². The number of halogens is 1. The Morgan fingerprint density at radius 1 is 1.56 bits per heavy atom. The highest BCUT2D eigenvalue weighted by molar-refractivity contribution is 5.19. The Morgan fingerprint density at radius 2 is 2.44 bits per heavy atom. The van der Waals surface area contributed by atoms with Gasteiger partial charge in [-0.05, 0) is 19.1 Å². The number of ether oxygens (including phenoxy) is 1. The first-order chi connectivity index (χ1) is 8.78. The van der Waals surface area contributed by atoms with Crippen LogP contribution in [0.1, 0.15) is 12.6 Å². The molecule has 1 N–H and O–H groups in total. The van der Waals surface area contributed by atoms with Crippen LogP contribution >= 0.6 is 0 Å². The average Bonchev–Trinajstić information content (AvgIpc) is 2.38. The summed E-state index contributed by atoms with van der Waals surface area (Å²) in [5, 5.41) is 3.41. The van der Waals surface area contributed by atoms with Crippen LogP contribution < -0.4 is 10.1 Å². The van der Waals surface area contributed by atoms with Gasteiger partial charge in [0.05, 0.1) is 11.9 Å². The zero-order chi connectivity index (χ0) is 12.8. The molecule has 0 aromatic carbocycles. The summed E-state index contributed by atoms with van der Waals surface area (Å²) in [4.78, 5) is 6.72. The van der Waals surface area contributed by atoms with Crippen LogP contribution in [-0.4, -0.2) is 48.8 Å². The van der Waals surface area contributed by atoms with Gasteiger partial charge in [0, 0.05) is 32.2 Å². The highest BCUT2D eigenvalue weighted by Crippen LogP contribution is 2.11. The molecule has 0 unspecified atom stereocenters. The van der Waals surface area contributed by atoms with Crippen molar-refractivity contribution >= 4 is 0 Å². The first-order valence-corrected chi connectivity index (χ1v) is 6.37. The van der Waals surface area contributed by atoms with Crippen LogP contribution in [-0.2, 0) is 6.54 Å². The number of piperazine rings is 1. The molecule has 0 spiro atoms. The summed E-state index contributed by atoms with van der Waals surface area (Å²) >= 11 is 0. The van der Waals surface area contributed by atoms with Gasteiger partial charge in [0.15, 0.2) is 0 Å². The number of pyridine rings is 1. The fourth-order valence-corrected chi connectivity index (χ4v) is 2.13. The average molecular weight is 253 g/mol. The molecule has 1 atom stereocenters. The van der Waals surface area contributed by atoms with E-state index in [9.17, 15) is 4.39 Å². The molecule has 2 heterocycles. The van der Waals surface area contributed by atoms with Crippen molar-refractivity contribution in [3.8, 4) is 5.75 Å². The first-order valence-electron chi connectivity index (χ1n) is 6.37. The Hall–Kier alpha value is -1.20. The molecule has 0 bridgehead atoms. The van der Waals surface area contributed by atoms with Crippen molar-refractivity contribution in [2.45, 2.75) is 19.5 Å². The van der Waals surface area contributed by atoms with Crippen molar-refractivity contribution in [3.63, 3.8) is 0 Å². The van der Waals surface area contributed by atoms with E-state index in [1.165, 1.54) is 0 Å². The van der Waals surface area contributed by atoms with Gasteiger partial charge in [0.2, 0.25) is 0 Å². The van der Waals surface area contributed by atoms with E-state index in [1.54, 1.807) is 6.20 Å². The monoisotopic (exact) mass is 253 g/mol. The fraction of sp³-hybridized carbons (Fsp3) is 0.615. The van der Waals surface area contributed by atoms with Crippen LogP contribution in [0, 0.1) is 0 Å². The van der Waals surface area contributed by atoms with Gasteiger partial charge in [-0.2, -0.15) is 0 Å².